The number of nitrogens with one attached hydrogen (secondary N) is 2. The van der Waals surface area contributed by atoms with Crippen molar-refractivity contribution in [1.29, 1.82) is 5.26 Å². The summed E-state index contributed by atoms with van der Waals surface area (Å²) in [6.07, 6.45) is -0.166. The summed E-state index contributed by atoms with van der Waals surface area (Å²) in [5, 5.41) is 22.5. The fourth-order valence-corrected chi connectivity index (χ4v) is 3.68. The topological polar surface area (TPSA) is 119 Å². The molecule has 9 nitrogen and oxygen atoms in total. The molecule has 0 spiro atoms. The molecule has 0 bridgehead atoms. The first-order valence-electron chi connectivity index (χ1n) is 9.72. The number of hydrogen-bond donors (Lipinski definition) is 3. The van der Waals surface area contributed by atoms with Crippen LogP contribution in [0.1, 0.15) is 30.1 Å². The molecule has 4 rings (SSSR count). The van der Waals surface area contributed by atoms with Crippen molar-refractivity contribution in [3.8, 4) is 11.8 Å². The third-order valence-electron chi connectivity index (χ3n) is 5.39. The van der Waals surface area contributed by atoms with Crippen LogP contribution in [0.15, 0.2) is 46.8 Å². The van der Waals surface area contributed by atoms with E-state index in [0.29, 0.717) is 37.2 Å². The summed E-state index contributed by atoms with van der Waals surface area (Å²) in [5.74, 6) is 0.886. The maximum atomic E-state index is 12.4. The molecule has 0 saturated carbocycles. The minimum absolute atomic E-state index is 0.180. The standard InChI is InChI=1S/C20H19F3N6O3/c21-20(22,23)31-14-3-1-13(2-4-14)19(12-24)7-9-29(10-8-19)17-6-5-15(26-27-17)18-25-16(11-30)28-32-18/h1-6,26-27,30H,7-11H2. The molecule has 2 aliphatic rings. The molecule has 168 valence electrons. The lowest BCUT2D eigenvalue weighted by molar-refractivity contribution is -0.274. The molecule has 0 radical (unpaired) electrons. The number of aliphatic hydroxyl groups is 1. The number of hydrazine groups is 1. The van der Waals surface area contributed by atoms with Crippen LogP contribution in [-0.2, 0) is 12.0 Å². The number of nitriles is 1. The van der Waals surface area contributed by atoms with Crippen molar-refractivity contribution in [2.45, 2.75) is 31.2 Å². The molecule has 1 fully saturated rings. The van der Waals surface area contributed by atoms with E-state index in [4.69, 9.17) is 9.63 Å². The maximum absolute atomic E-state index is 12.4. The van der Waals surface area contributed by atoms with Gasteiger partial charge in [-0.3, -0.25) is 10.9 Å². The Hall–Kier alpha value is -3.72. The van der Waals surface area contributed by atoms with E-state index in [1.54, 1.807) is 6.08 Å². The average Bonchev–Trinajstić information content (AvgIpc) is 3.28. The van der Waals surface area contributed by atoms with Crippen molar-refractivity contribution in [3.63, 3.8) is 0 Å². The van der Waals surface area contributed by atoms with Gasteiger partial charge >= 0.3 is 6.36 Å². The lowest BCUT2D eigenvalue weighted by atomic mass is 9.74. The zero-order chi connectivity index (χ0) is 22.8. The largest absolute Gasteiger partial charge is 0.573 e. The number of alkyl halides is 3. The number of halogens is 3. The van der Waals surface area contributed by atoms with Crippen molar-refractivity contribution in [2.24, 2.45) is 0 Å². The highest BCUT2D eigenvalue weighted by atomic mass is 19.4. The smallest absolute Gasteiger partial charge is 0.406 e. The number of rotatable bonds is 5. The van der Waals surface area contributed by atoms with Crippen molar-refractivity contribution >= 4 is 5.70 Å². The molecule has 0 amide bonds. The predicted molar refractivity (Wildman–Crippen MR) is 104 cm³/mol. The Morgan fingerprint density at radius 3 is 2.44 bits per heavy atom. The van der Waals surface area contributed by atoms with Crippen molar-refractivity contribution in [3.05, 3.63) is 59.5 Å². The summed E-state index contributed by atoms with van der Waals surface area (Å²) >= 11 is 0. The predicted octanol–water partition coefficient (Wildman–Crippen LogP) is 2.31. The van der Waals surface area contributed by atoms with Crippen LogP contribution in [0.5, 0.6) is 5.75 Å². The average molecular weight is 448 g/mol. The summed E-state index contributed by atoms with van der Waals surface area (Å²) in [6.45, 7) is 0.804. The molecule has 0 atom stereocenters. The van der Waals surface area contributed by atoms with Crippen LogP contribution in [0, 0.1) is 11.3 Å². The molecule has 1 aromatic carbocycles. The summed E-state index contributed by atoms with van der Waals surface area (Å²) < 4.78 is 46.1. The molecule has 32 heavy (non-hydrogen) atoms. The molecular weight excluding hydrogens is 429 g/mol. The van der Waals surface area contributed by atoms with Gasteiger partial charge < -0.3 is 19.3 Å². The Bertz CT molecular complexity index is 1060. The van der Waals surface area contributed by atoms with Gasteiger partial charge in [-0.15, -0.1) is 13.2 Å². The number of allylic oxidation sites excluding steroid dienone is 2. The van der Waals surface area contributed by atoms with Crippen LogP contribution in [0.4, 0.5) is 13.2 Å². The van der Waals surface area contributed by atoms with Gasteiger partial charge in [0.1, 0.15) is 23.9 Å². The van der Waals surface area contributed by atoms with Gasteiger partial charge in [0.05, 0.1) is 11.5 Å². The van der Waals surface area contributed by atoms with Gasteiger partial charge in [-0.25, -0.2) is 0 Å². The monoisotopic (exact) mass is 448 g/mol. The van der Waals surface area contributed by atoms with E-state index >= 15 is 0 Å². The van der Waals surface area contributed by atoms with Gasteiger partial charge in [-0.05, 0) is 42.7 Å². The molecule has 2 aromatic rings. The number of aromatic nitrogens is 2. The van der Waals surface area contributed by atoms with Crippen LogP contribution in [0.25, 0.3) is 5.70 Å². The van der Waals surface area contributed by atoms with E-state index in [1.165, 1.54) is 24.3 Å². The minimum atomic E-state index is -4.76. The fourth-order valence-electron chi connectivity index (χ4n) is 3.68. The lowest BCUT2D eigenvalue weighted by Gasteiger charge is -2.40. The first-order valence-corrected chi connectivity index (χ1v) is 9.72. The second-order valence-corrected chi connectivity index (χ2v) is 7.31. The van der Waals surface area contributed by atoms with Crippen molar-refractivity contribution < 1.29 is 27.5 Å². The molecule has 1 aromatic heterocycles. The van der Waals surface area contributed by atoms with Gasteiger partial charge in [0.15, 0.2) is 5.82 Å². The second-order valence-electron chi connectivity index (χ2n) is 7.31. The quantitative estimate of drug-likeness (QED) is 0.633. The molecular formula is C20H19F3N6O3. The summed E-state index contributed by atoms with van der Waals surface area (Å²) in [7, 11) is 0. The first-order chi connectivity index (χ1) is 15.3. The molecule has 12 heteroatoms. The van der Waals surface area contributed by atoms with E-state index in [-0.39, 0.29) is 24.1 Å². The van der Waals surface area contributed by atoms with Gasteiger partial charge in [0.25, 0.3) is 5.89 Å². The summed E-state index contributed by atoms with van der Waals surface area (Å²) in [6, 6.07) is 7.85. The number of ether oxygens (including phenoxy) is 1. The van der Waals surface area contributed by atoms with Crippen LogP contribution in [-0.4, -0.2) is 39.6 Å². The molecule has 1 saturated heterocycles. The van der Waals surface area contributed by atoms with Gasteiger partial charge in [0.2, 0.25) is 0 Å². The van der Waals surface area contributed by atoms with Crippen molar-refractivity contribution in [2.75, 3.05) is 13.1 Å². The third-order valence-corrected chi connectivity index (χ3v) is 5.39. The van der Waals surface area contributed by atoms with E-state index in [2.05, 4.69) is 36.7 Å². The number of hydrogen-bond acceptors (Lipinski definition) is 9. The molecule has 0 aliphatic carbocycles. The van der Waals surface area contributed by atoms with Gasteiger partial charge in [0, 0.05) is 13.1 Å². The minimum Gasteiger partial charge on any atom is -0.406 e. The molecule has 0 unspecified atom stereocenters. The zero-order valence-corrected chi connectivity index (χ0v) is 16.7. The van der Waals surface area contributed by atoms with E-state index in [1.807, 2.05) is 6.08 Å². The van der Waals surface area contributed by atoms with Crippen LogP contribution >= 0.6 is 0 Å². The molecule has 2 aliphatic heterocycles. The Morgan fingerprint density at radius 2 is 1.91 bits per heavy atom. The third kappa shape index (κ3) is 4.47. The van der Waals surface area contributed by atoms with Crippen LogP contribution < -0.4 is 15.6 Å². The molecule has 3 N–H and O–H groups in total. The fraction of sp³-hybridized carbons (Fsp3) is 0.350. The van der Waals surface area contributed by atoms with E-state index in [9.17, 15) is 18.4 Å². The van der Waals surface area contributed by atoms with Gasteiger partial charge in [-0.1, -0.05) is 17.3 Å². The number of aliphatic hydroxyl groups excluding tert-OH is 1. The second kappa shape index (κ2) is 8.43. The van der Waals surface area contributed by atoms with Crippen molar-refractivity contribution in [1.82, 2.24) is 25.9 Å². The number of piperidine rings is 1. The normalized spacial score (nSPS) is 18.0. The molecule has 3 heterocycles. The maximum Gasteiger partial charge on any atom is 0.573 e. The van der Waals surface area contributed by atoms with Crippen LogP contribution in [0.2, 0.25) is 0 Å². The number of benzene rings is 1. The first kappa shape index (κ1) is 21.5. The van der Waals surface area contributed by atoms with Gasteiger partial charge in [-0.2, -0.15) is 10.2 Å². The summed E-state index contributed by atoms with van der Waals surface area (Å²) in [4.78, 5) is 6.09. The Morgan fingerprint density at radius 1 is 1.19 bits per heavy atom. The Kier molecular flexibility index (Phi) is 5.67. The zero-order valence-electron chi connectivity index (χ0n) is 16.7. The van der Waals surface area contributed by atoms with Crippen LogP contribution in [0.3, 0.4) is 0 Å². The Balaban J connectivity index is 1.42. The van der Waals surface area contributed by atoms with E-state index in [0.717, 1.165) is 5.82 Å². The highest BCUT2D eigenvalue weighted by molar-refractivity contribution is 5.59. The Labute approximate surface area is 180 Å². The highest BCUT2D eigenvalue weighted by Crippen LogP contribution is 2.37. The SMILES string of the molecule is N#CC1(c2ccc(OC(F)(F)F)cc2)CCN(C2=CC=C(c3nc(CO)no3)NN2)CC1. The lowest BCUT2D eigenvalue weighted by Crippen LogP contribution is -2.47. The number of nitrogens with zero attached hydrogens (tertiary/aromatic N) is 4. The highest BCUT2D eigenvalue weighted by Gasteiger charge is 2.38. The summed E-state index contributed by atoms with van der Waals surface area (Å²) in [5.41, 5.74) is 6.43. The number of likely N-dealkylation sites (tertiary alicyclic amines) is 1. The van der Waals surface area contributed by atoms with E-state index < -0.39 is 11.8 Å².